The quantitative estimate of drug-likeness (QED) is 0.754. The molecule has 6 nitrogen and oxygen atoms in total. The zero-order valence-corrected chi connectivity index (χ0v) is 12.2. The van der Waals surface area contributed by atoms with Crippen LogP contribution in [0.1, 0.15) is 30.8 Å². The third-order valence-electron chi connectivity index (χ3n) is 3.11. The Morgan fingerprint density at radius 3 is 2.75 bits per heavy atom. The van der Waals surface area contributed by atoms with Gasteiger partial charge < -0.3 is 19.7 Å². The molecule has 0 fully saturated rings. The molecule has 0 aliphatic carbocycles. The number of nitrogens with zero attached hydrogens (tertiary/aromatic N) is 1. The molecule has 0 saturated carbocycles. The summed E-state index contributed by atoms with van der Waals surface area (Å²) in [6, 6.07) is 3.08. The molecule has 0 aliphatic heterocycles. The molecule has 2 N–H and O–H groups in total. The van der Waals surface area contributed by atoms with Crippen molar-refractivity contribution in [2.24, 2.45) is 5.41 Å². The van der Waals surface area contributed by atoms with Crippen LogP contribution < -0.4 is 5.32 Å². The van der Waals surface area contributed by atoms with Gasteiger partial charge >= 0.3 is 5.97 Å². The van der Waals surface area contributed by atoms with Crippen molar-refractivity contribution in [1.29, 1.82) is 0 Å². The van der Waals surface area contributed by atoms with Gasteiger partial charge in [-0.3, -0.25) is 4.79 Å². The number of amides is 1. The minimum absolute atomic E-state index is 0.00892. The van der Waals surface area contributed by atoms with E-state index in [1.807, 2.05) is 13.8 Å². The van der Waals surface area contributed by atoms with Crippen LogP contribution >= 0.6 is 0 Å². The van der Waals surface area contributed by atoms with Crippen LogP contribution in [-0.4, -0.2) is 41.8 Å². The van der Waals surface area contributed by atoms with Gasteiger partial charge in [0.2, 0.25) is 5.91 Å². The fourth-order valence-corrected chi connectivity index (χ4v) is 1.76. The van der Waals surface area contributed by atoms with E-state index in [1.165, 1.54) is 10.6 Å². The second-order valence-corrected chi connectivity index (χ2v) is 5.51. The summed E-state index contributed by atoms with van der Waals surface area (Å²) < 4.78 is 6.45. The monoisotopic (exact) mass is 282 g/mol. The molecule has 6 heteroatoms. The third-order valence-corrected chi connectivity index (χ3v) is 3.11. The number of methoxy groups -OCH3 is 1. The zero-order valence-electron chi connectivity index (χ0n) is 12.2. The van der Waals surface area contributed by atoms with Crippen molar-refractivity contribution in [1.82, 2.24) is 9.88 Å². The van der Waals surface area contributed by atoms with Gasteiger partial charge in [0.15, 0.2) is 0 Å². The predicted molar refractivity (Wildman–Crippen MR) is 74.7 cm³/mol. The number of ether oxygens (including phenoxy) is 1. The molecule has 1 heterocycles. The molecule has 1 amide bonds. The summed E-state index contributed by atoms with van der Waals surface area (Å²) in [7, 11) is 1.65. The van der Waals surface area contributed by atoms with Crippen LogP contribution in [0.15, 0.2) is 18.3 Å². The summed E-state index contributed by atoms with van der Waals surface area (Å²) in [5.74, 6) is -1.24. The second kappa shape index (κ2) is 7.09. The van der Waals surface area contributed by atoms with E-state index in [-0.39, 0.29) is 23.6 Å². The Labute approximate surface area is 118 Å². The average molecular weight is 282 g/mol. The Morgan fingerprint density at radius 2 is 2.15 bits per heavy atom. The van der Waals surface area contributed by atoms with E-state index < -0.39 is 5.97 Å². The van der Waals surface area contributed by atoms with E-state index in [0.29, 0.717) is 13.2 Å². The van der Waals surface area contributed by atoms with E-state index in [1.54, 1.807) is 19.4 Å². The molecule has 0 aliphatic rings. The lowest BCUT2D eigenvalue weighted by Crippen LogP contribution is -2.36. The van der Waals surface area contributed by atoms with Crippen molar-refractivity contribution in [2.45, 2.75) is 26.8 Å². The molecule has 0 spiro atoms. The first-order chi connectivity index (χ1) is 9.35. The minimum Gasteiger partial charge on any atom is -0.477 e. The number of aromatic carboxylic acids is 1. The Kier molecular flexibility index (Phi) is 5.76. The van der Waals surface area contributed by atoms with Crippen molar-refractivity contribution in [3.8, 4) is 0 Å². The minimum atomic E-state index is -1.04. The molecule has 0 aromatic carbocycles. The molecule has 1 aromatic rings. The van der Waals surface area contributed by atoms with E-state index in [2.05, 4.69) is 5.32 Å². The first-order valence-electron chi connectivity index (χ1n) is 6.50. The van der Waals surface area contributed by atoms with Crippen LogP contribution in [0.25, 0.3) is 0 Å². The molecule has 0 radical (unpaired) electrons. The molecule has 0 atom stereocenters. The van der Waals surface area contributed by atoms with Crippen LogP contribution in [0.5, 0.6) is 0 Å². The van der Waals surface area contributed by atoms with Gasteiger partial charge in [-0.05, 0) is 24.0 Å². The van der Waals surface area contributed by atoms with Crippen molar-refractivity contribution >= 4 is 11.9 Å². The van der Waals surface area contributed by atoms with Gasteiger partial charge in [0.1, 0.15) is 12.2 Å². The standard InChI is InChI=1S/C14H22N2O4/c1-14(2,6-8-20-3)10-15-12(17)9-16-7-4-5-11(16)13(18)19/h4-5,7H,6,8-10H2,1-3H3,(H,15,17)(H,18,19). The van der Waals surface area contributed by atoms with Gasteiger partial charge in [0.25, 0.3) is 0 Å². The fraction of sp³-hybridized carbons (Fsp3) is 0.571. The maximum absolute atomic E-state index is 11.8. The number of hydrogen-bond acceptors (Lipinski definition) is 3. The van der Waals surface area contributed by atoms with Gasteiger partial charge in [-0.15, -0.1) is 0 Å². The highest BCUT2D eigenvalue weighted by Crippen LogP contribution is 2.18. The average Bonchev–Trinajstić information content (AvgIpc) is 2.82. The van der Waals surface area contributed by atoms with Crippen molar-refractivity contribution < 1.29 is 19.4 Å². The number of carboxylic acids is 1. The molecule has 112 valence electrons. The maximum Gasteiger partial charge on any atom is 0.352 e. The van der Waals surface area contributed by atoms with Crippen molar-refractivity contribution in [3.05, 3.63) is 24.0 Å². The highest BCUT2D eigenvalue weighted by molar-refractivity contribution is 5.86. The summed E-state index contributed by atoms with van der Waals surface area (Å²) in [6.07, 6.45) is 2.42. The van der Waals surface area contributed by atoms with E-state index in [9.17, 15) is 9.59 Å². The number of carboxylic acid groups (broad SMARTS) is 1. The molecule has 0 bridgehead atoms. The predicted octanol–water partition coefficient (Wildman–Crippen LogP) is 1.37. The van der Waals surface area contributed by atoms with Crippen LogP contribution in [0.3, 0.4) is 0 Å². The zero-order chi connectivity index (χ0) is 15.2. The largest absolute Gasteiger partial charge is 0.477 e. The molecule has 20 heavy (non-hydrogen) atoms. The first-order valence-corrected chi connectivity index (χ1v) is 6.50. The number of rotatable bonds is 8. The van der Waals surface area contributed by atoms with E-state index in [4.69, 9.17) is 9.84 Å². The number of hydrogen-bond donors (Lipinski definition) is 2. The van der Waals surface area contributed by atoms with Crippen LogP contribution in [0.2, 0.25) is 0 Å². The van der Waals surface area contributed by atoms with E-state index in [0.717, 1.165) is 6.42 Å². The second-order valence-electron chi connectivity index (χ2n) is 5.51. The summed E-state index contributed by atoms with van der Waals surface area (Å²) in [5, 5.41) is 11.8. The molecule has 1 rings (SSSR count). The van der Waals surface area contributed by atoms with Gasteiger partial charge in [-0.2, -0.15) is 0 Å². The van der Waals surface area contributed by atoms with Crippen LogP contribution in [0, 0.1) is 5.41 Å². The molecule has 0 unspecified atom stereocenters. The van der Waals surface area contributed by atoms with Gasteiger partial charge in [-0.1, -0.05) is 13.8 Å². The van der Waals surface area contributed by atoms with Gasteiger partial charge in [-0.25, -0.2) is 4.79 Å². The smallest absolute Gasteiger partial charge is 0.352 e. The van der Waals surface area contributed by atoms with Crippen LogP contribution in [0.4, 0.5) is 0 Å². The maximum atomic E-state index is 11.8. The number of nitrogens with one attached hydrogen (secondary N) is 1. The Bertz CT molecular complexity index is 465. The summed E-state index contributed by atoms with van der Waals surface area (Å²) in [5.41, 5.74) is 0.0524. The lowest BCUT2D eigenvalue weighted by molar-refractivity contribution is -0.122. The number of carbonyl (C=O) groups excluding carboxylic acids is 1. The number of aromatic nitrogens is 1. The highest BCUT2D eigenvalue weighted by Gasteiger charge is 2.19. The van der Waals surface area contributed by atoms with Crippen molar-refractivity contribution in [3.63, 3.8) is 0 Å². The topological polar surface area (TPSA) is 80.6 Å². The first kappa shape index (κ1) is 16.2. The molecule has 0 saturated heterocycles. The van der Waals surface area contributed by atoms with Gasteiger partial charge in [0.05, 0.1) is 0 Å². The lowest BCUT2D eigenvalue weighted by Gasteiger charge is -2.24. The SMILES string of the molecule is COCCC(C)(C)CNC(=O)Cn1cccc1C(=O)O. The molecular weight excluding hydrogens is 260 g/mol. The van der Waals surface area contributed by atoms with Crippen molar-refractivity contribution in [2.75, 3.05) is 20.3 Å². The molecular formula is C14H22N2O4. The third kappa shape index (κ3) is 5.05. The Balaban J connectivity index is 2.48. The van der Waals surface area contributed by atoms with E-state index >= 15 is 0 Å². The number of carbonyl (C=O) groups is 2. The Morgan fingerprint density at radius 1 is 1.45 bits per heavy atom. The normalized spacial score (nSPS) is 11.3. The molecule has 1 aromatic heterocycles. The highest BCUT2D eigenvalue weighted by atomic mass is 16.5. The fourth-order valence-electron chi connectivity index (χ4n) is 1.76. The van der Waals surface area contributed by atoms with Crippen LogP contribution in [-0.2, 0) is 16.1 Å². The lowest BCUT2D eigenvalue weighted by atomic mass is 9.90. The summed E-state index contributed by atoms with van der Waals surface area (Å²) >= 11 is 0. The van der Waals surface area contributed by atoms with Gasteiger partial charge in [0, 0.05) is 26.5 Å². The summed E-state index contributed by atoms with van der Waals surface area (Å²) in [4.78, 5) is 22.8. The Hall–Kier alpha value is -1.82. The summed E-state index contributed by atoms with van der Waals surface area (Å²) in [6.45, 7) is 5.27.